The molecular weight excluding hydrogens is 1120 g/mol. The van der Waals surface area contributed by atoms with E-state index in [1.165, 1.54) is 257 Å². The smallest absolute Gasteiger partial charge is 0 e. The first kappa shape index (κ1) is 78.8. The van der Waals surface area contributed by atoms with Gasteiger partial charge in [-0.3, -0.25) is 0 Å². The lowest BCUT2D eigenvalue weighted by atomic mass is 9.69. The fourth-order valence-corrected chi connectivity index (χ4v) is 22.3. The first-order valence-electron chi connectivity index (χ1n) is 43.0. The van der Waals surface area contributed by atoms with Gasteiger partial charge in [0.1, 0.15) is 0 Å². The van der Waals surface area contributed by atoms with Crippen molar-refractivity contribution in [1.29, 1.82) is 0 Å². The fraction of sp³-hybridized carbons (Fsp3) is 0.871. The molecule has 0 radical (unpaired) electrons. The van der Waals surface area contributed by atoms with E-state index in [1.807, 2.05) is 0 Å². The van der Waals surface area contributed by atoms with Crippen LogP contribution in [-0.4, -0.2) is 0 Å². The topological polar surface area (TPSA) is 0 Å². The molecule has 12 saturated carbocycles. The average molecular weight is 1300 g/mol. The molecule has 0 spiro atoms. The van der Waals surface area contributed by atoms with Gasteiger partial charge in [-0.1, -0.05) is 173 Å². The summed E-state index contributed by atoms with van der Waals surface area (Å²) in [6, 6.07) is 0. The predicted octanol–water partition coefficient (Wildman–Crippen LogP) is 33.0. The Kier molecular flexibility index (Phi) is 37.7. The van der Waals surface area contributed by atoms with E-state index in [-0.39, 0.29) is 17.1 Å². The van der Waals surface area contributed by atoms with Crippen molar-refractivity contribution in [2.75, 3.05) is 0 Å². The standard InChI is InChI=1S/C18H30.C16H28.C16H26.C15H26.2C14H26.12H2/c1-3-5-15-7-11-17(12-8-15)18-13-9-16(6-4-2)10-14-18;1-3-4-14-7-11-16(12-8-14)15-9-5-13(2)6-10-15;1-3-13-5-9-15(10-6-13)16-11-7-14(4-2)8-12-16;1-3-13-6-10-15(11-7-13)14-8-4-12(2)5-9-14;2*1-11-3-7-13(8-4-11)14-9-5-12(2)6-10-14;;;;;;;;;;;;/h3-6,15-18H,7-14H2,1-2H3;3-4,13-16H,5-12H2,1-2H3;3-4,13-16H,1-2,5-12H2;3,12-15H,1,4-11H2,2H3;2*11-14H,3-10H2,1-2H3;12*1H/b5-3+,6-4+;4-3+;;;;;;;;;;;;;;;;. The van der Waals surface area contributed by atoms with Gasteiger partial charge in [-0.25, -0.2) is 0 Å². The van der Waals surface area contributed by atoms with Crippen molar-refractivity contribution in [3.05, 3.63) is 74.4 Å². The molecule has 12 rings (SSSR count). The zero-order chi connectivity index (χ0) is 66.2. The Balaban J connectivity index is -0.000000274. The second-order valence-electron chi connectivity index (χ2n) is 36.5. The molecule has 0 aromatic carbocycles. The molecule has 12 fully saturated rings. The molecule has 0 unspecified atom stereocenters. The third-order valence-corrected chi connectivity index (χ3v) is 29.7. The minimum atomic E-state index is 0. The lowest BCUT2D eigenvalue weighted by molar-refractivity contribution is 0.155. The van der Waals surface area contributed by atoms with Crippen LogP contribution in [0, 0.1) is 142 Å². The number of rotatable bonds is 12. The second kappa shape index (κ2) is 44.5. The highest BCUT2D eigenvalue weighted by atomic mass is 14.4. The predicted molar refractivity (Wildman–Crippen MR) is 440 cm³/mol. The number of hydrogen-bond donors (Lipinski definition) is 0. The Morgan fingerprint density at radius 1 is 0.172 bits per heavy atom. The summed E-state index contributed by atoms with van der Waals surface area (Å²) >= 11 is 0. The lowest BCUT2D eigenvalue weighted by Crippen LogP contribution is -2.25. The number of allylic oxidation sites excluding steroid dienone is 9. The molecule has 0 aromatic heterocycles. The monoisotopic (exact) mass is 1300 g/mol. The summed E-state index contributed by atoms with van der Waals surface area (Å²) in [5.41, 5.74) is 0. The largest absolute Gasteiger partial charge is 0.103 e. The van der Waals surface area contributed by atoms with Crippen LogP contribution in [-0.2, 0) is 0 Å². The van der Waals surface area contributed by atoms with Crippen LogP contribution in [0.15, 0.2) is 74.4 Å². The summed E-state index contributed by atoms with van der Waals surface area (Å²) in [4.78, 5) is 0. The SMILES string of the molecule is C/C=C/C1CCC(C2CCC(/C=C/C)CC2)CC1.C/C=C/C1CCC(C2CCC(C)CC2)CC1.C=CC1CCC(C2CCC(C)CC2)CC1.C=CC1CCC(C2CCC(C=C)CC2)CC1.CC1CCC(C2CCC(C)CC2)CC1.CC1CCC(C2CCC(C)CC2)CC1.[HH].[HH].[HH].[HH].[HH].[HH].[HH].[HH].[HH].[HH].[HH].[HH]. The molecule has 0 heteroatoms. The maximum Gasteiger partial charge on any atom is 0 e. The molecule has 0 aromatic rings. The summed E-state index contributed by atoms with van der Waals surface area (Å²) in [5.74, 6) is 24.2. The third kappa shape index (κ3) is 28.5. The molecule has 0 atom stereocenters. The van der Waals surface area contributed by atoms with Gasteiger partial charge in [0.25, 0.3) is 0 Å². The first-order chi connectivity index (χ1) is 45.3. The van der Waals surface area contributed by atoms with Crippen LogP contribution < -0.4 is 0 Å². The van der Waals surface area contributed by atoms with Crippen molar-refractivity contribution in [2.24, 2.45) is 142 Å². The van der Waals surface area contributed by atoms with Gasteiger partial charge in [0.05, 0.1) is 0 Å². The Labute approximate surface area is 601 Å². The summed E-state index contributed by atoms with van der Waals surface area (Å²) in [7, 11) is 0. The van der Waals surface area contributed by atoms with Crippen molar-refractivity contribution in [1.82, 2.24) is 0 Å². The first-order valence-corrected chi connectivity index (χ1v) is 43.0. The second-order valence-corrected chi connectivity index (χ2v) is 36.5. The highest BCUT2D eigenvalue weighted by Gasteiger charge is 2.35. The van der Waals surface area contributed by atoms with E-state index in [9.17, 15) is 0 Å². The average Bonchev–Trinajstić information content (AvgIpc) is 0.877. The molecule has 0 nitrogen and oxygen atoms in total. The minimum Gasteiger partial charge on any atom is -0.103 e. The van der Waals surface area contributed by atoms with Crippen molar-refractivity contribution in [3.8, 4) is 0 Å². The summed E-state index contributed by atoms with van der Waals surface area (Å²) in [5, 5.41) is 0. The highest BCUT2D eigenvalue weighted by Crippen LogP contribution is 2.47. The summed E-state index contributed by atoms with van der Waals surface area (Å²) in [6.45, 7) is 32.8. The molecule has 558 valence electrons. The van der Waals surface area contributed by atoms with Crippen LogP contribution in [0.25, 0.3) is 0 Å². The molecule has 0 bridgehead atoms. The van der Waals surface area contributed by atoms with Gasteiger partial charge in [0.15, 0.2) is 0 Å². The van der Waals surface area contributed by atoms with E-state index in [0.717, 1.165) is 142 Å². The zero-order valence-corrected chi connectivity index (χ0v) is 64.1. The van der Waals surface area contributed by atoms with Crippen molar-refractivity contribution in [2.45, 2.75) is 371 Å². The molecule has 12 aliphatic carbocycles. The molecule has 93 heavy (non-hydrogen) atoms. The van der Waals surface area contributed by atoms with E-state index >= 15 is 0 Å². The van der Waals surface area contributed by atoms with Crippen molar-refractivity contribution >= 4 is 0 Å². The maximum absolute atomic E-state index is 3.93. The van der Waals surface area contributed by atoms with Crippen LogP contribution in [0.4, 0.5) is 0 Å². The minimum absolute atomic E-state index is 0. The van der Waals surface area contributed by atoms with E-state index in [1.54, 1.807) is 51.4 Å². The van der Waals surface area contributed by atoms with Crippen molar-refractivity contribution < 1.29 is 17.1 Å². The quantitative estimate of drug-likeness (QED) is 0.171. The molecular formula is C93H186. The lowest BCUT2D eigenvalue weighted by Gasteiger charge is -2.36. The van der Waals surface area contributed by atoms with Crippen LogP contribution in [0.2, 0.25) is 0 Å². The highest BCUT2D eigenvalue weighted by molar-refractivity contribution is 4.96. The third-order valence-electron chi connectivity index (χ3n) is 29.7. The zero-order valence-electron chi connectivity index (χ0n) is 64.1. The molecule has 0 heterocycles. The van der Waals surface area contributed by atoms with E-state index < -0.39 is 0 Å². The Bertz CT molecular complexity index is 1870. The normalized spacial score (nSPS) is 41.9. The van der Waals surface area contributed by atoms with E-state index in [4.69, 9.17) is 0 Å². The molecule has 0 aliphatic heterocycles. The van der Waals surface area contributed by atoms with E-state index in [2.05, 4.69) is 137 Å². The van der Waals surface area contributed by atoms with Crippen LogP contribution in [0.3, 0.4) is 0 Å². The molecule has 0 saturated heterocycles. The summed E-state index contributed by atoms with van der Waals surface area (Å²) < 4.78 is 0. The van der Waals surface area contributed by atoms with Gasteiger partial charge in [-0.15, -0.1) is 19.7 Å². The molecule has 0 amide bonds. The van der Waals surface area contributed by atoms with Gasteiger partial charge in [0, 0.05) is 17.1 Å². The van der Waals surface area contributed by atoms with E-state index in [0.29, 0.717) is 0 Å². The van der Waals surface area contributed by atoms with Gasteiger partial charge < -0.3 is 0 Å². The van der Waals surface area contributed by atoms with Gasteiger partial charge >= 0.3 is 0 Å². The van der Waals surface area contributed by atoms with Crippen LogP contribution in [0.5, 0.6) is 0 Å². The Hall–Kier alpha value is -1.56. The summed E-state index contributed by atoms with van der Waals surface area (Å²) in [6.07, 6.45) is 92.0. The fourth-order valence-electron chi connectivity index (χ4n) is 22.3. The maximum atomic E-state index is 3.93. The van der Waals surface area contributed by atoms with Gasteiger partial charge in [-0.05, 0) is 394 Å². The molecule has 0 N–H and O–H groups in total. The van der Waals surface area contributed by atoms with Crippen molar-refractivity contribution in [3.63, 3.8) is 0 Å². The Morgan fingerprint density at radius 3 is 0.387 bits per heavy atom. The Morgan fingerprint density at radius 2 is 0.280 bits per heavy atom. The molecule has 12 aliphatic rings. The van der Waals surface area contributed by atoms with Gasteiger partial charge in [0.2, 0.25) is 0 Å². The van der Waals surface area contributed by atoms with Crippen LogP contribution >= 0.6 is 0 Å². The number of hydrogen-bond acceptors (Lipinski definition) is 0. The van der Waals surface area contributed by atoms with Crippen LogP contribution in [0.1, 0.15) is 388 Å². The van der Waals surface area contributed by atoms with Gasteiger partial charge in [-0.2, -0.15) is 0 Å².